The van der Waals surface area contributed by atoms with Crippen molar-refractivity contribution in [3.63, 3.8) is 0 Å². The summed E-state index contributed by atoms with van der Waals surface area (Å²) in [5.41, 5.74) is 2.98. The van der Waals surface area contributed by atoms with Gasteiger partial charge in [0.25, 0.3) is 5.69 Å². The van der Waals surface area contributed by atoms with Gasteiger partial charge in [0.1, 0.15) is 11.8 Å². The minimum absolute atomic E-state index is 0.0287. The van der Waals surface area contributed by atoms with E-state index in [-0.39, 0.29) is 5.69 Å². The lowest BCUT2D eigenvalue weighted by Gasteiger charge is -2.09. The van der Waals surface area contributed by atoms with Crippen LogP contribution >= 0.6 is 0 Å². The Morgan fingerprint density at radius 3 is 2.48 bits per heavy atom. The highest BCUT2D eigenvalue weighted by atomic mass is 16.6. The fourth-order valence-electron chi connectivity index (χ4n) is 2.72. The third kappa shape index (κ3) is 2.28. The topological polar surface area (TPSA) is 81.1 Å². The van der Waals surface area contributed by atoms with Crippen LogP contribution in [-0.2, 0) is 0 Å². The number of rotatable bonds is 3. The molecule has 3 aromatic rings. The van der Waals surface area contributed by atoms with Gasteiger partial charge in [-0.2, -0.15) is 5.26 Å². The van der Waals surface area contributed by atoms with Gasteiger partial charge in [-0.1, -0.05) is 0 Å². The van der Waals surface area contributed by atoms with Crippen molar-refractivity contribution in [1.29, 1.82) is 5.26 Å². The van der Waals surface area contributed by atoms with Crippen LogP contribution in [0.2, 0.25) is 0 Å². The number of non-ortho nitro benzene ring substituents is 1. The molecule has 6 nitrogen and oxygen atoms in total. The molecule has 0 atom stereocenters. The molecule has 0 unspecified atom stereocenters. The van der Waals surface area contributed by atoms with Crippen molar-refractivity contribution in [2.24, 2.45) is 0 Å². The minimum atomic E-state index is -0.436. The summed E-state index contributed by atoms with van der Waals surface area (Å²) >= 11 is 0. The zero-order valence-electron chi connectivity index (χ0n) is 12.6. The normalized spacial score (nSPS) is 10.5. The van der Waals surface area contributed by atoms with E-state index in [4.69, 9.17) is 4.74 Å². The summed E-state index contributed by atoms with van der Waals surface area (Å²) in [5.74, 6) is 0.683. The van der Waals surface area contributed by atoms with Crippen molar-refractivity contribution in [2.45, 2.75) is 6.92 Å². The summed E-state index contributed by atoms with van der Waals surface area (Å²) in [5, 5.41) is 21.1. The number of nitrogens with zero attached hydrogens (tertiary/aromatic N) is 3. The van der Waals surface area contributed by atoms with E-state index in [2.05, 4.69) is 6.07 Å². The molecule has 3 rings (SSSR count). The second-order valence-electron chi connectivity index (χ2n) is 5.06. The molecular formula is C17H13N3O3. The number of nitro benzene ring substituents is 1. The highest BCUT2D eigenvalue weighted by Crippen LogP contribution is 2.31. The van der Waals surface area contributed by atoms with Gasteiger partial charge in [-0.05, 0) is 31.2 Å². The number of ether oxygens (including phenoxy) is 1. The van der Waals surface area contributed by atoms with Crippen LogP contribution in [0.1, 0.15) is 11.3 Å². The maximum absolute atomic E-state index is 10.8. The van der Waals surface area contributed by atoms with Crippen LogP contribution in [0, 0.1) is 28.4 Å². The number of nitriles is 1. The maximum Gasteiger partial charge on any atom is 0.269 e. The predicted molar refractivity (Wildman–Crippen MR) is 85.9 cm³/mol. The van der Waals surface area contributed by atoms with Crippen LogP contribution in [0.4, 0.5) is 5.69 Å². The smallest absolute Gasteiger partial charge is 0.269 e. The van der Waals surface area contributed by atoms with Crippen LogP contribution < -0.4 is 4.74 Å². The molecule has 1 heterocycles. The Hall–Kier alpha value is -3.33. The Kier molecular flexibility index (Phi) is 3.47. The van der Waals surface area contributed by atoms with E-state index in [1.54, 1.807) is 19.2 Å². The molecule has 0 saturated heterocycles. The van der Waals surface area contributed by atoms with Crippen molar-refractivity contribution in [2.75, 3.05) is 7.11 Å². The summed E-state index contributed by atoms with van der Waals surface area (Å²) in [7, 11) is 1.58. The van der Waals surface area contributed by atoms with E-state index in [0.29, 0.717) is 11.3 Å². The third-order valence-corrected chi connectivity index (χ3v) is 3.84. The molecule has 0 aliphatic carbocycles. The van der Waals surface area contributed by atoms with Crippen LogP contribution in [0.5, 0.6) is 5.75 Å². The first-order chi connectivity index (χ1) is 11.1. The maximum atomic E-state index is 10.8. The molecule has 0 spiro atoms. The Balaban J connectivity index is 2.29. The lowest BCUT2D eigenvalue weighted by atomic mass is 10.1. The van der Waals surface area contributed by atoms with Gasteiger partial charge in [-0.3, -0.25) is 10.1 Å². The van der Waals surface area contributed by atoms with Crippen molar-refractivity contribution >= 4 is 16.6 Å². The summed E-state index contributed by atoms with van der Waals surface area (Å²) < 4.78 is 7.16. The number of methoxy groups -OCH3 is 1. The lowest BCUT2D eigenvalue weighted by molar-refractivity contribution is -0.384. The third-order valence-electron chi connectivity index (χ3n) is 3.84. The monoisotopic (exact) mass is 307 g/mol. The summed E-state index contributed by atoms with van der Waals surface area (Å²) in [4.78, 5) is 10.4. The second kappa shape index (κ2) is 5.46. The van der Waals surface area contributed by atoms with Crippen molar-refractivity contribution in [3.8, 4) is 17.5 Å². The fraction of sp³-hybridized carbons (Fsp3) is 0.118. The van der Waals surface area contributed by atoms with Gasteiger partial charge >= 0.3 is 0 Å². The summed E-state index contributed by atoms with van der Waals surface area (Å²) in [6.45, 7) is 1.85. The van der Waals surface area contributed by atoms with Gasteiger partial charge in [-0.15, -0.1) is 0 Å². The molecule has 23 heavy (non-hydrogen) atoms. The zero-order chi connectivity index (χ0) is 16.6. The fourth-order valence-corrected chi connectivity index (χ4v) is 2.72. The van der Waals surface area contributed by atoms with E-state index < -0.39 is 4.92 Å². The average molecular weight is 307 g/mol. The zero-order valence-corrected chi connectivity index (χ0v) is 12.6. The Bertz CT molecular complexity index is 950. The predicted octanol–water partition coefficient (Wildman–Crippen LogP) is 3.73. The first kappa shape index (κ1) is 14.6. The average Bonchev–Trinajstić information content (AvgIpc) is 2.85. The van der Waals surface area contributed by atoms with Gasteiger partial charge in [-0.25, -0.2) is 0 Å². The molecule has 0 aliphatic heterocycles. The molecule has 0 amide bonds. The number of hydrogen-bond donors (Lipinski definition) is 0. The highest BCUT2D eigenvalue weighted by molar-refractivity contribution is 5.90. The SMILES string of the molecule is COc1ccc2c(C#N)c(C)n(-c3ccc([N+](=O)[O-])cc3)c2c1. The van der Waals surface area contributed by atoms with Gasteiger partial charge in [0.15, 0.2) is 0 Å². The van der Waals surface area contributed by atoms with Crippen molar-refractivity contribution in [3.05, 3.63) is 63.8 Å². The Morgan fingerprint density at radius 1 is 1.22 bits per heavy atom. The number of nitro groups is 1. The molecule has 2 aromatic carbocycles. The van der Waals surface area contributed by atoms with Crippen molar-refractivity contribution in [1.82, 2.24) is 4.57 Å². The minimum Gasteiger partial charge on any atom is -0.497 e. The highest BCUT2D eigenvalue weighted by Gasteiger charge is 2.16. The molecule has 0 fully saturated rings. The molecule has 0 aliphatic rings. The summed E-state index contributed by atoms with van der Waals surface area (Å²) in [6, 6.07) is 14.0. The van der Waals surface area contributed by atoms with Gasteiger partial charge < -0.3 is 9.30 Å². The molecular weight excluding hydrogens is 294 g/mol. The Labute approximate surface area is 132 Å². The molecule has 6 heteroatoms. The largest absolute Gasteiger partial charge is 0.497 e. The van der Waals surface area contributed by atoms with Crippen LogP contribution in [-0.4, -0.2) is 16.6 Å². The van der Waals surface area contributed by atoms with Crippen LogP contribution in [0.25, 0.3) is 16.6 Å². The molecule has 0 radical (unpaired) electrons. The number of aromatic nitrogens is 1. The van der Waals surface area contributed by atoms with Gasteiger partial charge in [0.05, 0.1) is 23.1 Å². The summed E-state index contributed by atoms with van der Waals surface area (Å²) in [6.07, 6.45) is 0. The first-order valence-corrected chi connectivity index (χ1v) is 6.90. The number of benzene rings is 2. The Morgan fingerprint density at radius 2 is 1.91 bits per heavy atom. The van der Waals surface area contributed by atoms with E-state index in [0.717, 1.165) is 22.3 Å². The number of fused-ring (bicyclic) bond motifs is 1. The van der Waals surface area contributed by atoms with E-state index in [9.17, 15) is 15.4 Å². The number of hydrogen-bond acceptors (Lipinski definition) is 4. The van der Waals surface area contributed by atoms with Gasteiger partial charge in [0, 0.05) is 35.0 Å². The van der Waals surface area contributed by atoms with E-state index >= 15 is 0 Å². The van der Waals surface area contributed by atoms with Gasteiger partial charge in [0.2, 0.25) is 0 Å². The van der Waals surface area contributed by atoms with Crippen LogP contribution in [0.15, 0.2) is 42.5 Å². The molecule has 0 saturated carbocycles. The van der Waals surface area contributed by atoms with Crippen molar-refractivity contribution < 1.29 is 9.66 Å². The van der Waals surface area contributed by atoms with Crippen LogP contribution in [0.3, 0.4) is 0 Å². The molecule has 0 N–H and O–H groups in total. The lowest BCUT2D eigenvalue weighted by Crippen LogP contribution is -1.97. The quantitative estimate of drug-likeness (QED) is 0.545. The second-order valence-corrected chi connectivity index (χ2v) is 5.06. The van der Waals surface area contributed by atoms with E-state index in [1.165, 1.54) is 12.1 Å². The standard InChI is InChI=1S/C17H13N3O3/c1-11-16(10-18)15-8-7-14(23-2)9-17(15)19(11)12-3-5-13(6-4-12)20(21)22/h3-9H,1-2H3. The van der Waals surface area contributed by atoms with E-state index in [1.807, 2.05) is 29.7 Å². The molecule has 0 bridgehead atoms. The first-order valence-electron chi connectivity index (χ1n) is 6.90. The molecule has 1 aromatic heterocycles. The molecule has 114 valence electrons.